The van der Waals surface area contributed by atoms with Crippen LogP contribution in [0.4, 0.5) is 10.8 Å². The molecule has 5 N–H and O–H groups in total. The molecule has 2 heterocycles. The van der Waals surface area contributed by atoms with Crippen molar-refractivity contribution >= 4 is 51.3 Å². The summed E-state index contributed by atoms with van der Waals surface area (Å²) in [5.41, 5.74) is 8.85. The number of hydrazine groups is 1. The Labute approximate surface area is 214 Å². The van der Waals surface area contributed by atoms with Gasteiger partial charge in [-0.1, -0.05) is 6.92 Å². The minimum atomic E-state index is -0.0774. The van der Waals surface area contributed by atoms with Crippen LogP contribution in [0, 0.1) is 11.8 Å². The van der Waals surface area contributed by atoms with Gasteiger partial charge in [-0.2, -0.15) is 5.10 Å². The molecule has 3 aliphatic rings. The quantitative estimate of drug-likeness (QED) is 0.258. The van der Waals surface area contributed by atoms with Crippen LogP contribution in [0.3, 0.4) is 0 Å². The Kier molecular flexibility index (Phi) is 6.97. The number of nitrogens with zero attached hydrogens (tertiary/aromatic N) is 2. The molecular weight excluding hydrogens is 482 g/mol. The maximum Gasteiger partial charge on any atom is 0.254 e. The monoisotopic (exact) mass is 515 g/mol. The van der Waals surface area contributed by atoms with Crippen molar-refractivity contribution in [2.75, 3.05) is 17.3 Å². The fraction of sp³-hybridized carbons (Fsp3) is 0.583. The van der Waals surface area contributed by atoms with Crippen molar-refractivity contribution in [2.24, 2.45) is 18.9 Å². The smallest absolute Gasteiger partial charge is 0.254 e. The largest absolute Gasteiger partial charge is 0.358 e. The van der Waals surface area contributed by atoms with Gasteiger partial charge in [-0.05, 0) is 75.1 Å². The van der Waals surface area contributed by atoms with Gasteiger partial charge in [-0.15, -0.1) is 11.3 Å². The van der Waals surface area contributed by atoms with Crippen LogP contribution in [0.1, 0.15) is 65.5 Å². The fourth-order valence-corrected chi connectivity index (χ4v) is 5.86. The molecule has 2 amide bonds. The van der Waals surface area contributed by atoms with E-state index in [9.17, 15) is 9.59 Å². The lowest BCUT2D eigenvalue weighted by molar-refractivity contribution is -0.117. The first-order valence-electron chi connectivity index (χ1n) is 12.5. The average molecular weight is 516 g/mol. The molecule has 11 heteroatoms. The molecule has 2 aromatic rings. The summed E-state index contributed by atoms with van der Waals surface area (Å²) >= 11 is 7.08. The lowest BCUT2D eigenvalue weighted by atomic mass is 9.91. The molecule has 188 valence electrons. The highest BCUT2D eigenvalue weighted by atomic mass is 32.1. The second kappa shape index (κ2) is 10.1. The van der Waals surface area contributed by atoms with Crippen molar-refractivity contribution in [3.05, 3.63) is 27.8 Å². The van der Waals surface area contributed by atoms with E-state index in [0.717, 1.165) is 49.2 Å². The standard InChI is InChI=1S/C24H33N7O2S2/c1-3-15-11-19(31(2)30-15)28-29-24(34)26-16-8-9-18-17(10-16)20(22(33)25-12-13-4-5-13)23(35-18)27-21(32)14-6-7-14/h11,13-14,16,28H,3-10,12H2,1-2H3,(H,25,33)(H,27,32)(H2,26,29,34)/t16-/m0/s1. The van der Waals surface area contributed by atoms with Crippen LogP contribution in [0.25, 0.3) is 0 Å². The molecular formula is C24H33N7O2S2. The molecule has 0 aromatic carbocycles. The van der Waals surface area contributed by atoms with Gasteiger partial charge in [0.1, 0.15) is 10.8 Å². The molecule has 2 saturated carbocycles. The fourth-order valence-electron chi connectivity index (χ4n) is 4.40. The van der Waals surface area contributed by atoms with E-state index >= 15 is 0 Å². The highest BCUT2D eigenvalue weighted by molar-refractivity contribution is 7.80. The van der Waals surface area contributed by atoms with Crippen LogP contribution in [0.5, 0.6) is 0 Å². The van der Waals surface area contributed by atoms with Gasteiger partial charge in [-0.3, -0.25) is 25.1 Å². The van der Waals surface area contributed by atoms with E-state index in [1.807, 2.05) is 13.1 Å². The lowest BCUT2D eigenvalue weighted by Gasteiger charge is -2.25. The van der Waals surface area contributed by atoms with Crippen molar-refractivity contribution in [1.82, 2.24) is 25.8 Å². The second-order valence-corrected chi connectivity index (χ2v) is 11.3. The summed E-state index contributed by atoms with van der Waals surface area (Å²) < 4.78 is 1.77. The predicted octanol–water partition coefficient (Wildman–Crippen LogP) is 2.88. The number of rotatable bonds is 9. The molecule has 0 radical (unpaired) electrons. The number of hydrogen-bond acceptors (Lipinski definition) is 6. The molecule has 0 saturated heterocycles. The minimum Gasteiger partial charge on any atom is -0.358 e. The van der Waals surface area contributed by atoms with E-state index in [0.29, 0.717) is 34.6 Å². The predicted molar refractivity (Wildman–Crippen MR) is 142 cm³/mol. The van der Waals surface area contributed by atoms with Crippen LogP contribution < -0.4 is 26.8 Å². The highest BCUT2D eigenvalue weighted by Gasteiger charge is 2.34. The maximum absolute atomic E-state index is 13.2. The van der Waals surface area contributed by atoms with Crippen molar-refractivity contribution in [2.45, 2.75) is 64.3 Å². The Morgan fingerprint density at radius 1 is 1.23 bits per heavy atom. The Hall–Kier alpha value is -2.66. The van der Waals surface area contributed by atoms with Gasteiger partial charge in [0.15, 0.2) is 5.11 Å². The van der Waals surface area contributed by atoms with Crippen molar-refractivity contribution < 1.29 is 9.59 Å². The Bertz CT molecular complexity index is 1130. The molecule has 1 atom stereocenters. The van der Waals surface area contributed by atoms with Crippen LogP contribution in [-0.2, 0) is 31.1 Å². The second-order valence-electron chi connectivity index (χ2n) is 9.79. The first kappa shape index (κ1) is 24.1. The first-order valence-corrected chi connectivity index (χ1v) is 13.7. The molecule has 3 aliphatic carbocycles. The van der Waals surface area contributed by atoms with E-state index < -0.39 is 0 Å². The third kappa shape index (κ3) is 5.78. The molecule has 9 nitrogen and oxygen atoms in total. The van der Waals surface area contributed by atoms with Crippen LogP contribution in [0.15, 0.2) is 6.07 Å². The van der Waals surface area contributed by atoms with Crippen molar-refractivity contribution in [3.63, 3.8) is 0 Å². The summed E-state index contributed by atoms with van der Waals surface area (Å²) in [5.74, 6) is 1.48. The number of carbonyl (C=O) groups is 2. The average Bonchev–Trinajstić information content (AvgIpc) is 3.76. The molecule has 0 spiro atoms. The van der Waals surface area contributed by atoms with E-state index in [2.05, 4.69) is 38.8 Å². The SMILES string of the molecule is CCc1cc(NNC(=S)N[C@H]2CCc3sc(NC(=O)C4CC4)c(C(=O)NCC4CC4)c3C2)n(C)n1. The van der Waals surface area contributed by atoms with E-state index in [1.54, 1.807) is 16.0 Å². The number of thiophene rings is 1. The number of nitrogens with one attached hydrogen (secondary N) is 5. The number of anilines is 2. The summed E-state index contributed by atoms with van der Waals surface area (Å²) in [5, 5.41) is 15.2. The van der Waals surface area contributed by atoms with Gasteiger partial charge in [0.25, 0.3) is 5.91 Å². The zero-order chi connectivity index (χ0) is 24.5. The number of carbonyl (C=O) groups excluding carboxylic acids is 2. The first-order chi connectivity index (χ1) is 16.9. The van der Waals surface area contributed by atoms with Crippen LogP contribution in [0.2, 0.25) is 0 Å². The molecule has 0 unspecified atom stereocenters. The van der Waals surface area contributed by atoms with E-state index in [4.69, 9.17) is 12.2 Å². The van der Waals surface area contributed by atoms with Gasteiger partial charge in [0.2, 0.25) is 5.91 Å². The normalized spacial score (nSPS) is 19.0. The van der Waals surface area contributed by atoms with Gasteiger partial charge in [0, 0.05) is 36.5 Å². The van der Waals surface area contributed by atoms with Gasteiger partial charge >= 0.3 is 0 Å². The zero-order valence-corrected chi connectivity index (χ0v) is 21.8. The summed E-state index contributed by atoms with van der Waals surface area (Å²) in [6, 6.07) is 2.08. The number of aryl methyl sites for hydroxylation is 3. The van der Waals surface area contributed by atoms with E-state index in [1.165, 1.54) is 17.7 Å². The molecule has 2 aromatic heterocycles. The third-order valence-corrected chi connectivity index (χ3v) is 8.28. The van der Waals surface area contributed by atoms with Gasteiger partial charge in [-0.25, -0.2) is 0 Å². The van der Waals surface area contributed by atoms with Gasteiger partial charge < -0.3 is 16.0 Å². The molecule has 0 aliphatic heterocycles. The number of hydrogen-bond donors (Lipinski definition) is 5. The number of fused-ring (bicyclic) bond motifs is 1. The summed E-state index contributed by atoms with van der Waals surface area (Å²) in [6.45, 7) is 2.77. The summed E-state index contributed by atoms with van der Waals surface area (Å²) in [7, 11) is 1.88. The zero-order valence-electron chi connectivity index (χ0n) is 20.2. The highest BCUT2D eigenvalue weighted by Crippen LogP contribution is 2.40. The summed E-state index contributed by atoms with van der Waals surface area (Å²) in [6.07, 6.45) is 7.52. The van der Waals surface area contributed by atoms with E-state index in [-0.39, 0.29) is 23.8 Å². The topological polar surface area (TPSA) is 112 Å². The minimum absolute atomic E-state index is 0.0346. The molecule has 0 bridgehead atoms. The van der Waals surface area contributed by atoms with Crippen LogP contribution >= 0.6 is 23.6 Å². The maximum atomic E-state index is 13.2. The van der Waals surface area contributed by atoms with Crippen molar-refractivity contribution in [1.29, 1.82) is 0 Å². The number of amides is 2. The molecule has 35 heavy (non-hydrogen) atoms. The van der Waals surface area contributed by atoms with Gasteiger partial charge in [0.05, 0.1) is 11.3 Å². The Morgan fingerprint density at radius 3 is 2.71 bits per heavy atom. The lowest BCUT2D eigenvalue weighted by Crippen LogP contribution is -2.46. The Morgan fingerprint density at radius 2 is 2.03 bits per heavy atom. The molecule has 5 rings (SSSR count). The Balaban J connectivity index is 1.25. The van der Waals surface area contributed by atoms with Crippen LogP contribution in [-0.4, -0.2) is 39.3 Å². The third-order valence-electron chi connectivity index (χ3n) is 6.85. The molecule has 2 fully saturated rings. The number of thiocarbonyl (C=S) groups is 1. The summed E-state index contributed by atoms with van der Waals surface area (Å²) in [4.78, 5) is 26.9. The number of aromatic nitrogens is 2. The van der Waals surface area contributed by atoms with Crippen molar-refractivity contribution in [3.8, 4) is 0 Å².